The van der Waals surface area contributed by atoms with Crippen molar-refractivity contribution < 1.29 is 4.79 Å². The lowest BCUT2D eigenvalue weighted by Crippen LogP contribution is -2.14. The van der Waals surface area contributed by atoms with Gasteiger partial charge in [0.2, 0.25) is 0 Å². The van der Waals surface area contributed by atoms with Crippen LogP contribution in [-0.2, 0) is 0 Å². The first-order chi connectivity index (χ1) is 11.3. The standard InChI is InChI=1S/C20H20N2O2/c1-11-7-12(2)9-15(8-11)20(24)21-16-5-6-17-13(3)14(4)19(23)22-18(17)10-16/h5-10H,1-4H3,(H,21,24)(H,22,23). The Morgan fingerprint density at radius 2 is 1.58 bits per heavy atom. The van der Waals surface area contributed by atoms with Crippen LogP contribution in [0.3, 0.4) is 0 Å². The highest BCUT2D eigenvalue weighted by atomic mass is 16.1. The molecule has 0 aliphatic rings. The van der Waals surface area contributed by atoms with Gasteiger partial charge in [0, 0.05) is 22.2 Å². The second-order valence-corrected chi connectivity index (χ2v) is 6.29. The number of aromatic amines is 1. The second-order valence-electron chi connectivity index (χ2n) is 6.29. The van der Waals surface area contributed by atoms with E-state index in [-0.39, 0.29) is 11.5 Å². The average Bonchev–Trinajstić information content (AvgIpc) is 2.51. The molecule has 0 aliphatic heterocycles. The highest BCUT2D eigenvalue weighted by Gasteiger charge is 2.10. The molecule has 0 spiro atoms. The number of amides is 1. The van der Waals surface area contributed by atoms with E-state index in [1.807, 2.05) is 58.0 Å². The molecule has 0 aliphatic carbocycles. The van der Waals surface area contributed by atoms with E-state index in [1.54, 1.807) is 6.07 Å². The maximum Gasteiger partial charge on any atom is 0.255 e. The van der Waals surface area contributed by atoms with Gasteiger partial charge in [0.25, 0.3) is 11.5 Å². The summed E-state index contributed by atoms with van der Waals surface area (Å²) in [5.41, 5.74) is 5.68. The van der Waals surface area contributed by atoms with Crippen molar-refractivity contribution >= 4 is 22.5 Å². The zero-order valence-electron chi connectivity index (χ0n) is 14.3. The van der Waals surface area contributed by atoms with E-state index in [0.717, 1.165) is 33.2 Å². The van der Waals surface area contributed by atoms with Gasteiger partial charge in [0.15, 0.2) is 0 Å². The van der Waals surface area contributed by atoms with Crippen LogP contribution in [0.15, 0.2) is 41.2 Å². The third kappa shape index (κ3) is 2.95. The van der Waals surface area contributed by atoms with Crippen molar-refractivity contribution in [2.75, 3.05) is 5.32 Å². The van der Waals surface area contributed by atoms with Crippen LogP contribution in [0, 0.1) is 27.7 Å². The van der Waals surface area contributed by atoms with Crippen molar-refractivity contribution in [1.29, 1.82) is 0 Å². The Bertz CT molecular complexity index is 996. The normalized spacial score (nSPS) is 10.8. The van der Waals surface area contributed by atoms with Crippen molar-refractivity contribution in [3.05, 3.63) is 74.6 Å². The van der Waals surface area contributed by atoms with Crippen LogP contribution in [0.25, 0.3) is 10.9 Å². The molecular formula is C20H20N2O2. The number of anilines is 1. The van der Waals surface area contributed by atoms with Gasteiger partial charge in [-0.05, 0) is 57.5 Å². The minimum absolute atomic E-state index is 0.0993. The molecule has 1 amide bonds. The number of aryl methyl sites for hydroxylation is 3. The van der Waals surface area contributed by atoms with Crippen LogP contribution in [0.1, 0.15) is 32.6 Å². The summed E-state index contributed by atoms with van der Waals surface area (Å²) < 4.78 is 0. The smallest absolute Gasteiger partial charge is 0.255 e. The molecule has 24 heavy (non-hydrogen) atoms. The first-order valence-electron chi connectivity index (χ1n) is 7.88. The van der Waals surface area contributed by atoms with Crippen LogP contribution in [0.2, 0.25) is 0 Å². The predicted octanol–water partition coefficient (Wildman–Crippen LogP) is 4.01. The number of hydrogen-bond acceptors (Lipinski definition) is 2. The maximum absolute atomic E-state index is 12.5. The van der Waals surface area contributed by atoms with Crippen molar-refractivity contribution in [2.24, 2.45) is 0 Å². The molecule has 4 nitrogen and oxygen atoms in total. The summed E-state index contributed by atoms with van der Waals surface area (Å²) in [5.74, 6) is -0.160. The molecule has 2 N–H and O–H groups in total. The number of aromatic nitrogens is 1. The largest absolute Gasteiger partial charge is 0.322 e. The number of benzene rings is 2. The van der Waals surface area contributed by atoms with E-state index in [0.29, 0.717) is 11.3 Å². The molecule has 0 bridgehead atoms. The van der Waals surface area contributed by atoms with E-state index in [2.05, 4.69) is 10.3 Å². The van der Waals surface area contributed by atoms with Gasteiger partial charge < -0.3 is 10.3 Å². The summed E-state index contributed by atoms with van der Waals surface area (Å²) in [4.78, 5) is 27.3. The van der Waals surface area contributed by atoms with E-state index in [4.69, 9.17) is 0 Å². The molecule has 0 saturated carbocycles. The third-order valence-electron chi connectivity index (χ3n) is 4.32. The minimum atomic E-state index is -0.160. The lowest BCUT2D eigenvalue weighted by Gasteiger charge is -2.10. The number of fused-ring (bicyclic) bond motifs is 1. The zero-order valence-corrected chi connectivity index (χ0v) is 14.3. The summed E-state index contributed by atoms with van der Waals surface area (Å²) in [7, 11) is 0. The fourth-order valence-corrected chi connectivity index (χ4v) is 2.95. The molecule has 2 aromatic carbocycles. The SMILES string of the molecule is Cc1cc(C)cc(C(=O)Nc2ccc3c(C)c(C)c(=O)[nH]c3c2)c1. The Labute approximate surface area is 140 Å². The van der Waals surface area contributed by atoms with Gasteiger partial charge in [-0.2, -0.15) is 0 Å². The van der Waals surface area contributed by atoms with Crippen molar-refractivity contribution in [2.45, 2.75) is 27.7 Å². The van der Waals surface area contributed by atoms with Gasteiger partial charge in [-0.15, -0.1) is 0 Å². The summed E-state index contributed by atoms with van der Waals surface area (Å²) in [5, 5.41) is 3.88. The Kier molecular flexibility index (Phi) is 3.97. The summed E-state index contributed by atoms with van der Waals surface area (Å²) >= 11 is 0. The van der Waals surface area contributed by atoms with Crippen LogP contribution in [-0.4, -0.2) is 10.9 Å². The van der Waals surface area contributed by atoms with Crippen molar-refractivity contribution in [1.82, 2.24) is 4.98 Å². The third-order valence-corrected chi connectivity index (χ3v) is 4.32. The zero-order chi connectivity index (χ0) is 17.4. The summed E-state index contributed by atoms with van der Waals surface area (Å²) in [6.07, 6.45) is 0. The number of hydrogen-bond donors (Lipinski definition) is 2. The van der Waals surface area contributed by atoms with Crippen molar-refractivity contribution in [3.8, 4) is 0 Å². The Hall–Kier alpha value is -2.88. The molecule has 122 valence electrons. The van der Waals surface area contributed by atoms with Crippen LogP contribution >= 0.6 is 0 Å². The number of H-pyrrole nitrogens is 1. The summed E-state index contributed by atoms with van der Waals surface area (Å²) in [6.45, 7) is 7.68. The molecule has 0 saturated heterocycles. The van der Waals surface area contributed by atoms with Gasteiger partial charge in [-0.25, -0.2) is 0 Å². The number of pyridine rings is 1. The van der Waals surface area contributed by atoms with Crippen molar-refractivity contribution in [3.63, 3.8) is 0 Å². The topological polar surface area (TPSA) is 62.0 Å². The first kappa shape index (κ1) is 16.0. The van der Waals surface area contributed by atoms with Crippen LogP contribution in [0.4, 0.5) is 5.69 Å². The maximum atomic E-state index is 12.5. The average molecular weight is 320 g/mol. The molecule has 0 fully saturated rings. The second kappa shape index (κ2) is 5.96. The Morgan fingerprint density at radius 1 is 0.917 bits per heavy atom. The first-order valence-corrected chi connectivity index (χ1v) is 7.88. The van der Waals surface area contributed by atoms with E-state index >= 15 is 0 Å². The molecule has 0 atom stereocenters. The highest BCUT2D eigenvalue weighted by molar-refractivity contribution is 6.05. The fraction of sp³-hybridized carbons (Fsp3) is 0.200. The number of carbonyl (C=O) groups is 1. The lowest BCUT2D eigenvalue weighted by atomic mass is 10.0. The van der Waals surface area contributed by atoms with Gasteiger partial charge in [-0.3, -0.25) is 9.59 Å². The molecule has 1 heterocycles. The Morgan fingerprint density at radius 3 is 2.25 bits per heavy atom. The lowest BCUT2D eigenvalue weighted by molar-refractivity contribution is 0.102. The molecule has 3 rings (SSSR count). The highest BCUT2D eigenvalue weighted by Crippen LogP contribution is 2.21. The van der Waals surface area contributed by atoms with Crippen LogP contribution in [0.5, 0.6) is 0 Å². The Balaban J connectivity index is 1.97. The number of carbonyl (C=O) groups excluding carboxylic acids is 1. The molecule has 1 aromatic heterocycles. The van der Waals surface area contributed by atoms with Crippen LogP contribution < -0.4 is 10.9 Å². The molecule has 0 radical (unpaired) electrons. The molecule has 4 heteroatoms. The van der Waals surface area contributed by atoms with E-state index in [9.17, 15) is 9.59 Å². The predicted molar refractivity (Wildman–Crippen MR) is 97.9 cm³/mol. The molecule has 3 aromatic rings. The van der Waals surface area contributed by atoms with Gasteiger partial charge >= 0.3 is 0 Å². The van der Waals surface area contributed by atoms with E-state index in [1.165, 1.54) is 0 Å². The molecule has 0 unspecified atom stereocenters. The minimum Gasteiger partial charge on any atom is -0.322 e. The summed E-state index contributed by atoms with van der Waals surface area (Å²) in [6, 6.07) is 11.3. The fourth-order valence-electron chi connectivity index (χ4n) is 2.95. The van der Waals surface area contributed by atoms with Gasteiger partial charge in [0.05, 0.1) is 5.52 Å². The van der Waals surface area contributed by atoms with E-state index < -0.39 is 0 Å². The quantitative estimate of drug-likeness (QED) is 0.749. The molecular weight excluding hydrogens is 300 g/mol. The van der Waals surface area contributed by atoms with Gasteiger partial charge in [-0.1, -0.05) is 23.3 Å². The van der Waals surface area contributed by atoms with Gasteiger partial charge in [0.1, 0.15) is 0 Å². The monoisotopic (exact) mass is 320 g/mol. The number of rotatable bonds is 2. The number of nitrogens with one attached hydrogen (secondary N) is 2.